The van der Waals surface area contributed by atoms with Crippen LogP contribution in [0.1, 0.15) is 48.5 Å². The van der Waals surface area contributed by atoms with Gasteiger partial charge < -0.3 is 5.32 Å². The summed E-state index contributed by atoms with van der Waals surface area (Å²) in [6.45, 7) is 9.59. The van der Waals surface area contributed by atoms with Gasteiger partial charge in [-0.25, -0.2) is 4.98 Å². The van der Waals surface area contributed by atoms with E-state index in [9.17, 15) is 0 Å². The monoisotopic (exact) mass is 314 g/mol. The summed E-state index contributed by atoms with van der Waals surface area (Å²) in [5.41, 5.74) is 0.135. The van der Waals surface area contributed by atoms with Crippen LogP contribution < -0.4 is 5.32 Å². The fourth-order valence-corrected chi connectivity index (χ4v) is 3.66. The number of thiophene rings is 1. The fraction of sp³-hybridized carbons (Fsp3) is 0.500. The van der Waals surface area contributed by atoms with Crippen molar-refractivity contribution in [2.24, 2.45) is 0 Å². The van der Waals surface area contributed by atoms with Gasteiger partial charge in [-0.05, 0) is 19.1 Å². The zero-order chi connectivity index (χ0) is 14.0. The van der Waals surface area contributed by atoms with E-state index in [1.54, 1.807) is 22.7 Å². The van der Waals surface area contributed by atoms with Crippen LogP contribution in [-0.2, 0) is 12.0 Å². The maximum atomic E-state index is 5.96. The molecule has 1 N–H and O–H groups in total. The van der Waals surface area contributed by atoms with Gasteiger partial charge in [0, 0.05) is 34.0 Å². The van der Waals surface area contributed by atoms with Crippen molar-refractivity contribution in [3.05, 3.63) is 37.4 Å². The average Bonchev–Trinajstić information content (AvgIpc) is 2.93. The third-order valence-electron chi connectivity index (χ3n) is 2.80. The summed E-state index contributed by atoms with van der Waals surface area (Å²) in [5, 5.41) is 4.71. The molecule has 0 aliphatic heterocycles. The van der Waals surface area contributed by atoms with E-state index in [4.69, 9.17) is 11.6 Å². The summed E-state index contributed by atoms with van der Waals surface area (Å²) in [7, 11) is 0. The van der Waals surface area contributed by atoms with Crippen molar-refractivity contribution in [3.63, 3.8) is 0 Å². The summed E-state index contributed by atoms with van der Waals surface area (Å²) >= 11 is 9.38. The minimum Gasteiger partial charge on any atom is -0.304 e. The van der Waals surface area contributed by atoms with Gasteiger partial charge in [-0.3, -0.25) is 0 Å². The molecule has 0 bridgehead atoms. The molecule has 1 atom stereocenters. The summed E-state index contributed by atoms with van der Waals surface area (Å²) < 4.78 is 0.844. The number of nitrogens with zero attached hydrogens (tertiary/aromatic N) is 1. The first-order valence-corrected chi connectivity index (χ1v) is 8.31. The van der Waals surface area contributed by atoms with E-state index in [-0.39, 0.29) is 5.41 Å². The first-order chi connectivity index (χ1) is 8.86. The fourth-order valence-electron chi connectivity index (χ4n) is 1.65. The van der Waals surface area contributed by atoms with Crippen molar-refractivity contribution in [2.75, 3.05) is 0 Å². The second-order valence-corrected chi connectivity index (χ2v) is 8.49. The highest BCUT2D eigenvalue weighted by molar-refractivity contribution is 7.16. The Hall–Kier alpha value is -0.420. The number of rotatable bonds is 4. The van der Waals surface area contributed by atoms with E-state index in [2.05, 4.69) is 44.1 Å². The van der Waals surface area contributed by atoms with Gasteiger partial charge in [-0.1, -0.05) is 32.4 Å². The zero-order valence-corrected chi connectivity index (χ0v) is 14.0. The molecule has 0 aliphatic carbocycles. The first kappa shape index (κ1) is 15.0. The molecule has 2 nitrogen and oxygen atoms in total. The van der Waals surface area contributed by atoms with Crippen molar-refractivity contribution in [2.45, 2.75) is 45.7 Å². The molecule has 1 unspecified atom stereocenters. The van der Waals surface area contributed by atoms with Crippen molar-refractivity contribution in [1.29, 1.82) is 0 Å². The molecule has 2 rings (SSSR count). The van der Waals surface area contributed by atoms with Gasteiger partial charge in [0.15, 0.2) is 0 Å². The van der Waals surface area contributed by atoms with E-state index in [1.807, 2.05) is 12.3 Å². The summed E-state index contributed by atoms with van der Waals surface area (Å²) in [6, 6.07) is 4.35. The third-order valence-corrected chi connectivity index (χ3v) is 5.64. The van der Waals surface area contributed by atoms with Crippen molar-refractivity contribution in [3.8, 4) is 0 Å². The maximum Gasteiger partial charge on any atom is 0.0981 e. The van der Waals surface area contributed by atoms with Gasteiger partial charge in [0.05, 0.1) is 9.34 Å². The molecule has 0 spiro atoms. The molecule has 5 heteroatoms. The van der Waals surface area contributed by atoms with Crippen LogP contribution in [0.3, 0.4) is 0 Å². The molecular weight excluding hydrogens is 296 g/mol. The molecule has 19 heavy (non-hydrogen) atoms. The first-order valence-electron chi connectivity index (χ1n) is 6.30. The Bertz CT molecular complexity index is 540. The number of thiazole rings is 1. The number of hydrogen-bond acceptors (Lipinski definition) is 4. The minimum absolute atomic E-state index is 0.135. The normalized spacial score (nSPS) is 13.7. The van der Waals surface area contributed by atoms with Crippen molar-refractivity contribution in [1.82, 2.24) is 10.3 Å². The second kappa shape index (κ2) is 5.92. The lowest BCUT2D eigenvalue weighted by Gasteiger charge is -2.13. The van der Waals surface area contributed by atoms with Crippen LogP contribution in [-0.4, -0.2) is 4.98 Å². The lowest BCUT2D eigenvalue weighted by atomic mass is 9.98. The number of hydrogen-bond donors (Lipinski definition) is 1. The van der Waals surface area contributed by atoms with Gasteiger partial charge in [-0.15, -0.1) is 22.7 Å². The van der Waals surface area contributed by atoms with Crippen LogP contribution in [0.5, 0.6) is 0 Å². The topological polar surface area (TPSA) is 24.9 Å². The molecular formula is C14H19ClN2S2. The maximum absolute atomic E-state index is 5.96. The van der Waals surface area contributed by atoms with Gasteiger partial charge in [-0.2, -0.15) is 0 Å². The lowest BCUT2D eigenvalue weighted by Crippen LogP contribution is -2.16. The smallest absolute Gasteiger partial charge is 0.0981 e. The van der Waals surface area contributed by atoms with E-state index in [0.29, 0.717) is 6.04 Å². The Balaban J connectivity index is 1.94. The van der Waals surface area contributed by atoms with E-state index < -0.39 is 0 Å². The lowest BCUT2D eigenvalue weighted by molar-refractivity contribution is 0.584. The second-order valence-electron chi connectivity index (χ2n) is 5.63. The Morgan fingerprint density at radius 1 is 1.32 bits per heavy atom. The molecule has 0 radical (unpaired) electrons. The summed E-state index contributed by atoms with van der Waals surface area (Å²) in [4.78, 5) is 7.05. The van der Waals surface area contributed by atoms with Gasteiger partial charge in [0.25, 0.3) is 0 Å². The number of halogens is 1. The van der Waals surface area contributed by atoms with Crippen molar-refractivity contribution < 1.29 is 0 Å². The van der Waals surface area contributed by atoms with E-state index in [1.165, 1.54) is 14.8 Å². The van der Waals surface area contributed by atoms with Crippen LogP contribution >= 0.6 is 34.3 Å². The minimum atomic E-state index is 0.135. The highest BCUT2D eigenvalue weighted by Gasteiger charge is 2.18. The molecule has 0 saturated carbocycles. The highest BCUT2D eigenvalue weighted by atomic mass is 35.5. The van der Waals surface area contributed by atoms with Crippen LogP contribution in [0, 0.1) is 0 Å². The third kappa shape index (κ3) is 4.02. The summed E-state index contributed by atoms with van der Waals surface area (Å²) in [6.07, 6.45) is 1.98. The molecule has 0 aromatic carbocycles. The zero-order valence-electron chi connectivity index (χ0n) is 11.7. The van der Waals surface area contributed by atoms with Crippen LogP contribution in [0.15, 0.2) is 18.3 Å². The molecule has 2 aromatic rings. The van der Waals surface area contributed by atoms with Crippen LogP contribution in [0.2, 0.25) is 4.34 Å². The molecule has 0 amide bonds. The predicted molar refractivity (Wildman–Crippen MR) is 85.4 cm³/mol. The van der Waals surface area contributed by atoms with Crippen molar-refractivity contribution >= 4 is 34.3 Å². The van der Waals surface area contributed by atoms with E-state index in [0.717, 1.165) is 10.9 Å². The number of nitrogens with one attached hydrogen (secondary N) is 1. The molecule has 0 aliphatic rings. The Kier molecular flexibility index (Phi) is 4.66. The molecule has 0 fully saturated rings. The average molecular weight is 315 g/mol. The SMILES string of the molecule is CC(NCc1cnc(C(C)(C)C)s1)c1ccc(Cl)s1. The molecule has 0 saturated heterocycles. The molecule has 2 heterocycles. The Morgan fingerprint density at radius 3 is 2.58 bits per heavy atom. The van der Waals surface area contributed by atoms with Gasteiger partial charge >= 0.3 is 0 Å². The quantitative estimate of drug-likeness (QED) is 0.858. The van der Waals surface area contributed by atoms with Crippen LogP contribution in [0.4, 0.5) is 0 Å². The standard InChI is InChI=1S/C14H19ClN2S2/c1-9(11-5-6-12(15)19-11)16-7-10-8-17-13(18-10)14(2,3)4/h5-6,8-9,16H,7H2,1-4H3. The largest absolute Gasteiger partial charge is 0.304 e. The number of aromatic nitrogens is 1. The van der Waals surface area contributed by atoms with Gasteiger partial charge in [0.2, 0.25) is 0 Å². The molecule has 104 valence electrons. The predicted octanol–water partition coefficient (Wildman–Crippen LogP) is 5.01. The highest BCUT2D eigenvalue weighted by Crippen LogP contribution is 2.29. The Labute approximate surface area is 127 Å². The van der Waals surface area contributed by atoms with Gasteiger partial charge in [0.1, 0.15) is 0 Å². The van der Waals surface area contributed by atoms with E-state index >= 15 is 0 Å². The Morgan fingerprint density at radius 2 is 2.05 bits per heavy atom. The molecule has 2 aromatic heterocycles. The van der Waals surface area contributed by atoms with Crippen LogP contribution in [0.25, 0.3) is 0 Å². The summed E-state index contributed by atoms with van der Waals surface area (Å²) in [5.74, 6) is 0.